The van der Waals surface area contributed by atoms with Crippen molar-refractivity contribution in [2.45, 2.75) is 56.2 Å². The Kier molecular flexibility index (Phi) is 10.1. The van der Waals surface area contributed by atoms with Crippen LogP contribution >= 0.6 is 11.6 Å². The molecule has 3 amide bonds. The van der Waals surface area contributed by atoms with E-state index in [4.69, 9.17) is 17.3 Å². The van der Waals surface area contributed by atoms with Gasteiger partial charge in [-0.25, -0.2) is 9.18 Å². The van der Waals surface area contributed by atoms with Gasteiger partial charge in [0.15, 0.2) is 0 Å². The van der Waals surface area contributed by atoms with Gasteiger partial charge in [-0.3, -0.25) is 9.78 Å². The molecule has 5 rings (SSSR count). The standard InChI is InChI=1S/C36H39ClFN5O3/c1-3-4-5-8-24(2)35(46)22-31(43(23-35)34(45)41-28-15-13-27(37)14-16-28)33(44)42-30-21-26(12-17-29(30)38)36(39,19-18-25-10-11-25)32-9-6-7-20-40-32/h3-9,12-17,20-21,25,31,46H,2,10-11,18-19,22-23,39H2,1H3,(H,41,45)(H,42,44)/b4-3-,8-5-/t31-,35-,36?/m1/s1. The molecular formula is C36H39ClFN5O3. The third-order valence-corrected chi connectivity index (χ3v) is 8.95. The second kappa shape index (κ2) is 14.0. The Morgan fingerprint density at radius 2 is 1.93 bits per heavy atom. The number of carbonyl (C=O) groups is 2. The monoisotopic (exact) mass is 643 g/mol. The summed E-state index contributed by atoms with van der Waals surface area (Å²) in [5.74, 6) is -0.714. The van der Waals surface area contributed by atoms with Gasteiger partial charge in [0.2, 0.25) is 5.91 Å². The minimum atomic E-state index is -1.61. The summed E-state index contributed by atoms with van der Waals surface area (Å²) >= 11 is 5.99. The van der Waals surface area contributed by atoms with Gasteiger partial charge >= 0.3 is 6.03 Å². The average Bonchev–Trinajstić information content (AvgIpc) is 3.81. The van der Waals surface area contributed by atoms with Gasteiger partial charge in [-0.1, -0.05) is 67.5 Å². The Hall–Kier alpha value is -4.31. The second-order valence-electron chi connectivity index (χ2n) is 12.1. The summed E-state index contributed by atoms with van der Waals surface area (Å²) in [4.78, 5) is 33.1. The predicted molar refractivity (Wildman–Crippen MR) is 180 cm³/mol. The molecule has 46 heavy (non-hydrogen) atoms. The third kappa shape index (κ3) is 7.55. The maximum absolute atomic E-state index is 15.3. The van der Waals surface area contributed by atoms with Crippen LogP contribution < -0.4 is 16.4 Å². The number of pyridine rings is 1. The Morgan fingerprint density at radius 1 is 1.17 bits per heavy atom. The number of nitrogens with one attached hydrogen (secondary N) is 2. The minimum absolute atomic E-state index is 0.0833. The number of nitrogens with two attached hydrogens (primary N) is 1. The highest BCUT2D eigenvalue weighted by atomic mass is 35.5. The predicted octanol–water partition coefficient (Wildman–Crippen LogP) is 6.93. The Morgan fingerprint density at radius 3 is 2.61 bits per heavy atom. The second-order valence-corrected chi connectivity index (χ2v) is 12.5. The highest BCUT2D eigenvalue weighted by Crippen LogP contribution is 2.40. The van der Waals surface area contributed by atoms with Crippen LogP contribution in [0.3, 0.4) is 0 Å². The van der Waals surface area contributed by atoms with Crippen molar-refractivity contribution in [1.29, 1.82) is 0 Å². The first-order valence-electron chi connectivity index (χ1n) is 15.4. The molecule has 0 bridgehead atoms. The number of benzene rings is 2. The third-order valence-electron chi connectivity index (χ3n) is 8.70. The number of urea groups is 1. The first-order chi connectivity index (χ1) is 22.0. The number of allylic oxidation sites excluding steroid dienone is 3. The van der Waals surface area contributed by atoms with Gasteiger partial charge in [0.1, 0.15) is 17.5 Å². The number of amides is 3. The van der Waals surface area contributed by atoms with Gasteiger partial charge in [0, 0.05) is 23.3 Å². The quantitative estimate of drug-likeness (QED) is 0.169. The number of aromatic nitrogens is 1. The summed E-state index contributed by atoms with van der Waals surface area (Å²) in [6, 6.07) is 14.7. The van der Waals surface area contributed by atoms with Gasteiger partial charge in [-0.15, -0.1) is 0 Å². The summed E-state index contributed by atoms with van der Waals surface area (Å²) in [6.45, 7) is 5.65. The van der Waals surface area contributed by atoms with E-state index in [1.807, 2.05) is 31.2 Å². The first-order valence-corrected chi connectivity index (χ1v) is 15.8. The molecule has 0 spiro atoms. The summed E-state index contributed by atoms with van der Waals surface area (Å²) < 4.78 is 15.3. The number of anilines is 2. The summed E-state index contributed by atoms with van der Waals surface area (Å²) in [6.07, 6.45) is 12.3. The van der Waals surface area contributed by atoms with Crippen molar-refractivity contribution < 1.29 is 19.1 Å². The van der Waals surface area contributed by atoms with Gasteiger partial charge in [0.05, 0.1) is 23.5 Å². The number of likely N-dealkylation sites (tertiary alicyclic amines) is 1. The normalized spacial score (nSPS) is 21.0. The van der Waals surface area contributed by atoms with E-state index in [-0.39, 0.29) is 18.7 Å². The molecule has 1 saturated carbocycles. The lowest BCUT2D eigenvalue weighted by molar-refractivity contribution is -0.119. The molecular weight excluding hydrogens is 605 g/mol. The zero-order chi connectivity index (χ0) is 32.9. The van der Waals surface area contributed by atoms with Crippen LogP contribution in [0, 0.1) is 11.7 Å². The fourth-order valence-corrected chi connectivity index (χ4v) is 5.86. The van der Waals surface area contributed by atoms with Crippen LogP contribution in [0.2, 0.25) is 5.02 Å². The average molecular weight is 644 g/mol. The highest BCUT2D eigenvalue weighted by molar-refractivity contribution is 6.30. The number of nitrogens with zero attached hydrogens (tertiary/aromatic N) is 2. The Labute approximate surface area is 273 Å². The van der Waals surface area contributed by atoms with Crippen LogP contribution in [0.4, 0.5) is 20.6 Å². The van der Waals surface area contributed by atoms with Crippen molar-refractivity contribution in [3.63, 3.8) is 0 Å². The van der Waals surface area contributed by atoms with E-state index in [0.717, 1.165) is 19.3 Å². The van der Waals surface area contributed by atoms with E-state index in [0.29, 0.717) is 39.9 Å². The molecule has 1 unspecified atom stereocenters. The number of halogens is 2. The topological polar surface area (TPSA) is 121 Å². The number of carbonyl (C=O) groups excluding carboxylic acids is 2. The number of rotatable bonds is 11. The number of hydrogen-bond acceptors (Lipinski definition) is 5. The lowest BCUT2D eigenvalue weighted by Gasteiger charge is -2.30. The molecule has 5 N–H and O–H groups in total. The molecule has 2 aliphatic rings. The molecule has 3 atom stereocenters. The van der Waals surface area contributed by atoms with E-state index in [1.165, 1.54) is 17.0 Å². The molecule has 0 radical (unpaired) electrons. The molecule has 1 aliphatic heterocycles. The SMILES string of the molecule is C=C(/C=C\C=C/C)[C@@]1(O)C[C@H](C(=O)Nc2cc(C(N)(CCC3CC3)c3ccccn3)ccc2F)N(C(=O)Nc2ccc(Cl)cc2)C1. The molecule has 2 fully saturated rings. The fraction of sp³-hybridized carbons (Fsp3) is 0.306. The summed E-state index contributed by atoms with van der Waals surface area (Å²) in [5, 5.41) is 17.5. The highest BCUT2D eigenvalue weighted by Gasteiger charge is 2.49. The van der Waals surface area contributed by atoms with Crippen molar-refractivity contribution >= 4 is 34.9 Å². The van der Waals surface area contributed by atoms with E-state index < -0.39 is 34.9 Å². The summed E-state index contributed by atoms with van der Waals surface area (Å²) in [5.41, 5.74) is 6.37. The lowest BCUT2D eigenvalue weighted by Crippen LogP contribution is -2.45. The van der Waals surface area contributed by atoms with Crippen LogP contribution in [0.5, 0.6) is 0 Å². The first kappa shape index (κ1) is 33.1. The largest absolute Gasteiger partial charge is 0.383 e. The van der Waals surface area contributed by atoms with Gasteiger partial charge < -0.3 is 26.4 Å². The smallest absolute Gasteiger partial charge is 0.322 e. The van der Waals surface area contributed by atoms with Crippen molar-refractivity contribution in [1.82, 2.24) is 9.88 Å². The Balaban J connectivity index is 1.43. The van der Waals surface area contributed by atoms with Crippen molar-refractivity contribution in [2.75, 3.05) is 17.2 Å². The number of β-amino-alcohol motifs (C(OH)–C–C–N with tert-alkyl or cyclic N) is 1. The minimum Gasteiger partial charge on any atom is -0.383 e. The van der Waals surface area contributed by atoms with Crippen LogP contribution in [0.1, 0.15) is 50.3 Å². The van der Waals surface area contributed by atoms with Crippen LogP contribution in [-0.2, 0) is 10.3 Å². The van der Waals surface area contributed by atoms with Gasteiger partial charge in [0.25, 0.3) is 0 Å². The molecule has 2 aromatic carbocycles. The van der Waals surface area contributed by atoms with E-state index >= 15 is 4.39 Å². The van der Waals surface area contributed by atoms with Crippen LogP contribution in [-0.4, -0.2) is 45.1 Å². The van der Waals surface area contributed by atoms with Crippen molar-refractivity contribution in [3.05, 3.63) is 125 Å². The molecule has 2 heterocycles. The van der Waals surface area contributed by atoms with Crippen LogP contribution in [0.25, 0.3) is 0 Å². The summed E-state index contributed by atoms with van der Waals surface area (Å²) in [7, 11) is 0. The zero-order valence-corrected chi connectivity index (χ0v) is 26.5. The number of aliphatic hydroxyl groups is 1. The molecule has 1 saturated heterocycles. The lowest BCUT2D eigenvalue weighted by atomic mass is 9.82. The molecule has 1 aromatic heterocycles. The molecule has 8 nitrogen and oxygen atoms in total. The van der Waals surface area contributed by atoms with E-state index in [2.05, 4.69) is 22.2 Å². The maximum atomic E-state index is 15.3. The van der Waals surface area contributed by atoms with Gasteiger partial charge in [-0.2, -0.15) is 0 Å². The van der Waals surface area contributed by atoms with Crippen molar-refractivity contribution in [2.24, 2.45) is 11.7 Å². The fourth-order valence-electron chi connectivity index (χ4n) is 5.73. The Bertz CT molecular complexity index is 1640. The molecule has 1 aliphatic carbocycles. The zero-order valence-electron chi connectivity index (χ0n) is 25.8. The molecule has 3 aromatic rings. The van der Waals surface area contributed by atoms with E-state index in [1.54, 1.807) is 54.8 Å². The van der Waals surface area contributed by atoms with Gasteiger partial charge in [-0.05, 0) is 85.4 Å². The van der Waals surface area contributed by atoms with E-state index in [9.17, 15) is 14.7 Å². The maximum Gasteiger partial charge on any atom is 0.322 e. The molecule has 240 valence electrons. The van der Waals surface area contributed by atoms with Crippen molar-refractivity contribution in [3.8, 4) is 0 Å². The number of hydrogen-bond donors (Lipinski definition) is 4. The molecule has 10 heteroatoms. The van der Waals surface area contributed by atoms with Crippen LogP contribution in [0.15, 0.2) is 103 Å².